The smallest absolute Gasteiger partial charge is 0.338 e. The van der Waals surface area contributed by atoms with Crippen LogP contribution in [0.15, 0.2) is 70.7 Å². The second-order valence-electron chi connectivity index (χ2n) is 7.94. The molecule has 0 aromatic heterocycles. The first-order valence-corrected chi connectivity index (χ1v) is 12.8. The second-order valence-corrected chi connectivity index (χ2v) is 9.64. The summed E-state index contributed by atoms with van der Waals surface area (Å²) in [4.78, 5) is 50.9. The highest BCUT2D eigenvalue weighted by molar-refractivity contribution is 9.10. The van der Waals surface area contributed by atoms with Crippen molar-refractivity contribution >= 4 is 74.7 Å². The van der Waals surface area contributed by atoms with Crippen LogP contribution in [0, 0.1) is 0 Å². The van der Waals surface area contributed by atoms with Crippen molar-refractivity contribution in [1.82, 2.24) is 5.32 Å². The van der Waals surface area contributed by atoms with E-state index >= 15 is 0 Å². The van der Waals surface area contributed by atoms with E-state index in [-0.39, 0.29) is 30.0 Å². The number of hydrogen-bond acceptors (Lipinski definition) is 6. The predicted molar refractivity (Wildman–Crippen MR) is 146 cm³/mol. The van der Waals surface area contributed by atoms with E-state index in [2.05, 4.69) is 21.2 Å². The highest BCUT2D eigenvalue weighted by atomic mass is 79.9. The predicted octanol–water partition coefficient (Wildman–Crippen LogP) is 6.18. The van der Waals surface area contributed by atoms with Gasteiger partial charge in [0.05, 0.1) is 22.3 Å². The molecule has 1 heterocycles. The number of carbonyl (C=O) groups is 4. The highest BCUT2D eigenvalue weighted by Gasteiger charge is 2.36. The van der Waals surface area contributed by atoms with E-state index in [1.807, 2.05) is 0 Å². The van der Waals surface area contributed by atoms with Gasteiger partial charge in [0.15, 0.2) is 0 Å². The van der Waals surface area contributed by atoms with Gasteiger partial charge in [-0.3, -0.25) is 14.9 Å². The number of carbonyl (C=O) groups excluding carboxylic acids is 4. The number of imide groups is 2. The number of benzene rings is 3. The standard InChI is InChI=1S/C27H19BrCl2N2O6/c1-2-37-26(35)16-5-8-19(9-6-16)32-25(34)20(24(33)31-27(32)36)11-15-3-10-23(21(28)12-15)38-14-17-4-7-18(29)13-22(17)30/h3-13H,2,14H2,1H3,(H,31,33,36)/b20-11+. The molecule has 1 aliphatic rings. The average molecular weight is 618 g/mol. The molecule has 1 fully saturated rings. The molecule has 3 aromatic rings. The summed E-state index contributed by atoms with van der Waals surface area (Å²) >= 11 is 15.6. The van der Waals surface area contributed by atoms with E-state index in [9.17, 15) is 19.2 Å². The zero-order chi connectivity index (χ0) is 27.4. The topological polar surface area (TPSA) is 102 Å². The van der Waals surface area contributed by atoms with Crippen molar-refractivity contribution in [2.75, 3.05) is 11.5 Å². The fourth-order valence-electron chi connectivity index (χ4n) is 3.54. The molecule has 1 saturated heterocycles. The van der Waals surface area contributed by atoms with Gasteiger partial charge < -0.3 is 9.47 Å². The van der Waals surface area contributed by atoms with Crippen molar-refractivity contribution in [1.29, 1.82) is 0 Å². The van der Waals surface area contributed by atoms with Crippen molar-refractivity contribution in [2.24, 2.45) is 0 Å². The Morgan fingerprint density at radius 3 is 2.42 bits per heavy atom. The molecule has 4 rings (SSSR count). The number of rotatable bonds is 7. The largest absolute Gasteiger partial charge is 0.488 e. The average Bonchev–Trinajstić information content (AvgIpc) is 2.87. The summed E-state index contributed by atoms with van der Waals surface area (Å²) in [6.45, 7) is 2.09. The van der Waals surface area contributed by atoms with E-state index < -0.39 is 23.8 Å². The minimum absolute atomic E-state index is 0.185. The molecule has 38 heavy (non-hydrogen) atoms. The maximum Gasteiger partial charge on any atom is 0.338 e. The van der Waals surface area contributed by atoms with Crippen LogP contribution in [0.3, 0.4) is 0 Å². The van der Waals surface area contributed by atoms with Crippen molar-refractivity contribution in [3.05, 3.63) is 97.4 Å². The summed E-state index contributed by atoms with van der Waals surface area (Å²) in [6.07, 6.45) is 1.37. The Hall–Kier alpha value is -3.66. The number of hydrogen-bond donors (Lipinski definition) is 1. The monoisotopic (exact) mass is 616 g/mol. The van der Waals surface area contributed by atoms with Gasteiger partial charge in [-0.2, -0.15) is 0 Å². The Bertz CT molecular complexity index is 1470. The van der Waals surface area contributed by atoms with E-state index in [4.69, 9.17) is 32.7 Å². The fraction of sp³-hybridized carbons (Fsp3) is 0.111. The Morgan fingerprint density at radius 2 is 1.76 bits per heavy atom. The van der Waals surface area contributed by atoms with Crippen molar-refractivity contribution in [3.63, 3.8) is 0 Å². The zero-order valence-electron chi connectivity index (χ0n) is 19.8. The molecule has 0 bridgehead atoms. The number of urea groups is 1. The van der Waals surface area contributed by atoms with Gasteiger partial charge in [0, 0.05) is 15.6 Å². The van der Waals surface area contributed by atoms with Gasteiger partial charge in [0.25, 0.3) is 11.8 Å². The molecule has 0 aliphatic carbocycles. The number of amides is 4. The number of nitrogens with one attached hydrogen (secondary N) is 1. The third-order valence-corrected chi connectivity index (χ3v) is 6.61. The van der Waals surface area contributed by atoms with Crippen LogP contribution in [0.4, 0.5) is 10.5 Å². The summed E-state index contributed by atoms with van der Waals surface area (Å²) in [5.74, 6) is -1.65. The van der Waals surface area contributed by atoms with E-state index in [0.29, 0.717) is 25.8 Å². The van der Waals surface area contributed by atoms with E-state index in [0.717, 1.165) is 10.5 Å². The number of esters is 1. The minimum atomic E-state index is -0.896. The Morgan fingerprint density at radius 1 is 1.03 bits per heavy atom. The van der Waals surface area contributed by atoms with Gasteiger partial charge in [-0.15, -0.1) is 0 Å². The first-order chi connectivity index (χ1) is 18.2. The lowest BCUT2D eigenvalue weighted by Gasteiger charge is -2.26. The molecule has 8 nitrogen and oxygen atoms in total. The summed E-state index contributed by atoms with van der Waals surface area (Å²) in [6, 6.07) is 14.9. The molecule has 194 valence electrons. The zero-order valence-corrected chi connectivity index (χ0v) is 22.9. The molecule has 0 radical (unpaired) electrons. The second kappa shape index (κ2) is 11.8. The first kappa shape index (κ1) is 27.4. The summed E-state index contributed by atoms with van der Waals surface area (Å²) < 4.78 is 11.3. The maximum atomic E-state index is 13.2. The molecule has 3 aromatic carbocycles. The Balaban J connectivity index is 1.53. The number of nitrogens with zero attached hydrogens (tertiary/aromatic N) is 1. The van der Waals surface area contributed by atoms with Crippen LogP contribution in [0.1, 0.15) is 28.4 Å². The lowest BCUT2D eigenvalue weighted by molar-refractivity contribution is -0.122. The van der Waals surface area contributed by atoms with Crippen molar-refractivity contribution in [2.45, 2.75) is 13.5 Å². The summed E-state index contributed by atoms with van der Waals surface area (Å²) in [5.41, 5.74) is 1.47. The Kier molecular flexibility index (Phi) is 8.51. The molecular formula is C27H19BrCl2N2O6. The van der Waals surface area contributed by atoms with Gasteiger partial charge in [-0.1, -0.05) is 35.3 Å². The minimum Gasteiger partial charge on any atom is -0.488 e. The third kappa shape index (κ3) is 6.07. The van der Waals surface area contributed by atoms with Gasteiger partial charge in [-0.05, 0) is 83.0 Å². The van der Waals surface area contributed by atoms with Crippen LogP contribution >= 0.6 is 39.1 Å². The van der Waals surface area contributed by atoms with Crippen molar-refractivity contribution < 1.29 is 28.7 Å². The number of ether oxygens (including phenoxy) is 2. The maximum absolute atomic E-state index is 13.2. The van der Waals surface area contributed by atoms with Gasteiger partial charge >= 0.3 is 12.0 Å². The summed E-state index contributed by atoms with van der Waals surface area (Å²) in [5, 5.41) is 3.17. The quantitative estimate of drug-likeness (QED) is 0.193. The lowest BCUT2D eigenvalue weighted by atomic mass is 10.1. The molecule has 4 amide bonds. The van der Waals surface area contributed by atoms with Crippen molar-refractivity contribution in [3.8, 4) is 5.75 Å². The van der Waals surface area contributed by atoms with Crippen LogP contribution in [0.25, 0.3) is 6.08 Å². The molecule has 0 atom stereocenters. The van der Waals surface area contributed by atoms with Crippen LogP contribution in [-0.4, -0.2) is 30.4 Å². The fourth-order valence-corrected chi connectivity index (χ4v) is 4.51. The molecule has 0 spiro atoms. The Labute approximate surface area is 236 Å². The molecule has 0 unspecified atom stereocenters. The van der Waals surface area contributed by atoms with Gasteiger partial charge in [0.2, 0.25) is 0 Å². The van der Waals surface area contributed by atoms with Crippen LogP contribution in [0.5, 0.6) is 5.75 Å². The summed E-state index contributed by atoms with van der Waals surface area (Å²) in [7, 11) is 0. The molecule has 0 saturated carbocycles. The molecule has 11 heteroatoms. The normalized spacial score (nSPS) is 14.5. The van der Waals surface area contributed by atoms with Crippen LogP contribution < -0.4 is 15.0 Å². The highest BCUT2D eigenvalue weighted by Crippen LogP contribution is 2.30. The molecular weight excluding hydrogens is 599 g/mol. The molecule has 1 N–H and O–H groups in total. The number of barbiturate groups is 1. The van der Waals surface area contributed by atoms with Crippen LogP contribution in [0.2, 0.25) is 10.0 Å². The SMILES string of the molecule is CCOC(=O)c1ccc(N2C(=O)NC(=O)/C(=C\c3ccc(OCc4ccc(Cl)cc4Cl)c(Br)c3)C2=O)cc1. The number of halogens is 3. The molecule has 1 aliphatic heterocycles. The van der Waals surface area contributed by atoms with E-state index in [1.54, 1.807) is 43.3 Å². The third-order valence-electron chi connectivity index (χ3n) is 5.40. The van der Waals surface area contributed by atoms with Gasteiger partial charge in [0.1, 0.15) is 17.9 Å². The van der Waals surface area contributed by atoms with E-state index in [1.165, 1.54) is 30.3 Å². The van der Waals surface area contributed by atoms with Gasteiger partial charge in [-0.25, -0.2) is 14.5 Å². The lowest BCUT2D eigenvalue weighted by Crippen LogP contribution is -2.54. The number of anilines is 1. The first-order valence-electron chi connectivity index (χ1n) is 11.2. The van der Waals surface area contributed by atoms with Crippen LogP contribution in [-0.2, 0) is 20.9 Å².